The van der Waals surface area contributed by atoms with E-state index in [0.29, 0.717) is 65.7 Å². The van der Waals surface area contributed by atoms with E-state index in [1.807, 2.05) is 26.0 Å². The molecule has 1 N–H and O–H groups in total. The summed E-state index contributed by atoms with van der Waals surface area (Å²) in [6, 6.07) is 8.49. The van der Waals surface area contributed by atoms with Crippen molar-refractivity contribution in [3.63, 3.8) is 0 Å². The number of aliphatic hydroxyl groups is 1. The van der Waals surface area contributed by atoms with Crippen molar-refractivity contribution < 1.29 is 76.3 Å². The number of methoxy groups -OCH3 is 4. The summed E-state index contributed by atoms with van der Waals surface area (Å²) in [5.74, 6) is -0.836. The van der Waals surface area contributed by atoms with Crippen molar-refractivity contribution in [1.82, 2.24) is 0 Å². The smallest absolute Gasteiger partial charge is 0.342 e. The second-order valence-electron chi connectivity index (χ2n) is 19.1. The molecule has 0 spiro atoms. The van der Waals surface area contributed by atoms with Crippen molar-refractivity contribution in [2.45, 2.75) is 128 Å². The molecular formula is C48H74O16Si2. The van der Waals surface area contributed by atoms with Crippen LogP contribution >= 0.6 is 0 Å². The number of rotatable bonds is 24. The second kappa shape index (κ2) is 25.9. The summed E-state index contributed by atoms with van der Waals surface area (Å²) in [6.07, 6.45) is 7.16. The van der Waals surface area contributed by atoms with Crippen LogP contribution in [0.3, 0.4) is 0 Å². The van der Waals surface area contributed by atoms with Gasteiger partial charge < -0.3 is 66.7 Å². The normalized spacial score (nSPS) is 20.2. The molecular weight excluding hydrogens is 889 g/mol. The zero-order valence-corrected chi connectivity index (χ0v) is 43.4. The van der Waals surface area contributed by atoms with Crippen LogP contribution in [0.4, 0.5) is 0 Å². The molecule has 2 aromatic rings. The van der Waals surface area contributed by atoms with E-state index in [1.165, 1.54) is 21.3 Å². The summed E-state index contributed by atoms with van der Waals surface area (Å²) >= 11 is 0. The molecule has 0 radical (unpaired) electrons. The van der Waals surface area contributed by atoms with Crippen LogP contribution in [-0.2, 0) is 42.7 Å². The second-order valence-corrected chi connectivity index (χ2v) is 30.4. The molecule has 4 atom stereocenters. The Morgan fingerprint density at radius 3 is 1.44 bits per heavy atom. The van der Waals surface area contributed by atoms with E-state index >= 15 is 0 Å². The Labute approximate surface area is 393 Å². The van der Waals surface area contributed by atoms with E-state index in [4.69, 9.17) is 56.8 Å². The molecule has 2 aliphatic heterocycles. The van der Waals surface area contributed by atoms with Gasteiger partial charge >= 0.3 is 11.9 Å². The Kier molecular flexibility index (Phi) is 22.0. The standard InChI is InChI=1S/C24H38O8Si.C24H36O8Si/c2*1-24(2)31-19(21(15-25)32-24)10-8-9-17-13-18(28-4)14-20(30-16-27-3)22(17)23(26)29-11-12-33(5,6)7/h8-9,13-14,19,21,25H,10-12,15-16H2,1-7H3;8-9,13-15,19,21H,10-12,16H2,1-7H3/b2*9-8+. The van der Waals surface area contributed by atoms with Crippen molar-refractivity contribution in [3.05, 3.63) is 58.7 Å². The van der Waals surface area contributed by atoms with Crippen LogP contribution in [0.2, 0.25) is 51.4 Å². The molecule has 2 aromatic carbocycles. The van der Waals surface area contributed by atoms with Crippen LogP contribution in [0.15, 0.2) is 36.4 Å². The van der Waals surface area contributed by atoms with Gasteiger partial charge in [-0.15, -0.1) is 0 Å². The lowest BCUT2D eigenvalue weighted by atomic mass is 10.0. The predicted molar refractivity (Wildman–Crippen MR) is 256 cm³/mol. The van der Waals surface area contributed by atoms with Crippen molar-refractivity contribution in [1.29, 1.82) is 0 Å². The largest absolute Gasteiger partial charge is 0.497 e. The molecule has 0 aromatic heterocycles. The van der Waals surface area contributed by atoms with E-state index < -0.39 is 58.0 Å². The van der Waals surface area contributed by atoms with Crippen molar-refractivity contribution >= 4 is 46.5 Å². The Hall–Kier alpha value is -4.12. The number of benzene rings is 2. The van der Waals surface area contributed by atoms with Crippen LogP contribution in [-0.4, -0.2) is 137 Å². The third kappa shape index (κ3) is 18.5. The molecule has 2 heterocycles. The highest BCUT2D eigenvalue weighted by atomic mass is 28.3. The van der Waals surface area contributed by atoms with Crippen LogP contribution in [0.5, 0.6) is 23.0 Å². The van der Waals surface area contributed by atoms with Gasteiger partial charge in [-0.05, 0) is 75.9 Å². The van der Waals surface area contributed by atoms with Gasteiger partial charge in [-0.1, -0.05) is 63.6 Å². The third-order valence-electron chi connectivity index (χ3n) is 10.1. The molecule has 2 saturated heterocycles. The first-order valence-corrected chi connectivity index (χ1v) is 29.5. The first-order valence-electron chi connectivity index (χ1n) is 22.1. The lowest BCUT2D eigenvalue weighted by molar-refractivity contribution is -0.149. The lowest BCUT2D eigenvalue weighted by Crippen LogP contribution is -2.25. The number of hydrogen-bond donors (Lipinski definition) is 1. The van der Waals surface area contributed by atoms with Gasteiger partial charge in [0, 0.05) is 42.5 Å². The molecule has 18 heteroatoms. The number of aldehydes is 1. The van der Waals surface area contributed by atoms with E-state index in [2.05, 4.69) is 39.3 Å². The Balaban J connectivity index is 0.000000350. The highest BCUT2D eigenvalue weighted by molar-refractivity contribution is 6.76. The fourth-order valence-electron chi connectivity index (χ4n) is 6.76. The molecule has 0 saturated carbocycles. The van der Waals surface area contributed by atoms with Crippen LogP contribution < -0.4 is 18.9 Å². The molecule has 4 unspecified atom stereocenters. The predicted octanol–water partition coefficient (Wildman–Crippen LogP) is 8.38. The quantitative estimate of drug-likeness (QED) is 0.0458. The van der Waals surface area contributed by atoms with Gasteiger partial charge in [-0.3, -0.25) is 0 Å². The van der Waals surface area contributed by atoms with Gasteiger partial charge in [0.25, 0.3) is 0 Å². The molecule has 4 rings (SSSR count). The lowest BCUT2D eigenvalue weighted by Gasteiger charge is -2.18. The van der Waals surface area contributed by atoms with Crippen LogP contribution in [0.1, 0.15) is 72.4 Å². The maximum atomic E-state index is 13.1. The first kappa shape index (κ1) is 56.2. The summed E-state index contributed by atoms with van der Waals surface area (Å²) in [5.41, 5.74) is 1.76. The SMILES string of the molecule is COCOc1cc(OC)cc(/C=C/CC2OC(C)(C)OC2C=O)c1C(=O)OCC[Si](C)(C)C.COCOc1cc(OC)cc(/C=C/CC2OC(C)(C)OC2CO)c1C(=O)OCC[Si](C)(C)C. The zero-order valence-electron chi connectivity index (χ0n) is 41.4. The van der Waals surface area contributed by atoms with E-state index in [-0.39, 0.29) is 31.9 Å². The van der Waals surface area contributed by atoms with Gasteiger partial charge in [0.1, 0.15) is 46.3 Å². The fourth-order valence-corrected chi connectivity index (χ4v) is 8.18. The summed E-state index contributed by atoms with van der Waals surface area (Å²) in [6.45, 7) is 21.0. The molecule has 2 aliphatic rings. The average molecular weight is 963 g/mol. The first-order chi connectivity index (χ1) is 31.0. The third-order valence-corrected chi connectivity index (χ3v) is 13.5. The summed E-state index contributed by atoms with van der Waals surface area (Å²) < 4.78 is 66.4. The summed E-state index contributed by atoms with van der Waals surface area (Å²) in [5, 5.41) is 9.60. The van der Waals surface area contributed by atoms with Gasteiger partial charge in [-0.2, -0.15) is 0 Å². The number of esters is 2. The minimum atomic E-state index is -1.36. The Bertz CT molecular complexity index is 1930. The van der Waals surface area contributed by atoms with Gasteiger partial charge in [0.2, 0.25) is 0 Å². The molecule has 66 heavy (non-hydrogen) atoms. The minimum absolute atomic E-state index is 0.0218. The summed E-state index contributed by atoms with van der Waals surface area (Å²) in [7, 11) is 3.38. The highest BCUT2D eigenvalue weighted by Gasteiger charge is 2.41. The van der Waals surface area contributed by atoms with E-state index in [0.717, 1.165) is 18.4 Å². The zero-order chi connectivity index (χ0) is 49.3. The summed E-state index contributed by atoms with van der Waals surface area (Å²) in [4.78, 5) is 37.5. The van der Waals surface area contributed by atoms with Gasteiger partial charge in [0.15, 0.2) is 31.4 Å². The number of aliphatic hydroxyl groups excluding tert-OH is 1. The Morgan fingerprint density at radius 2 is 1.05 bits per heavy atom. The van der Waals surface area contributed by atoms with Crippen LogP contribution in [0.25, 0.3) is 12.2 Å². The average Bonchev–Trinajstić information content (AvgIpc) is 3.72. The van der Waals surface area contributed by atoms with Gasteiger partial charge in [-0.25, -0.2) is 9.59 Å². The molecule has 0 amide bonds. The van der Waals surface area contributed by atoms with Crippen molar-refractivity contribution in [2.75, 3.05) is 61.8 Å². The number of carbonyl (C=O) groups is 3. The highest BCUT2D eigenvalue weighted by Crippen LogP contribution is 2.35. The maximum absolute atomic E-state index is 13.1. The van der Waals surface area contributed by atoms with E-state index in [9.17, 15) is 19.5 Å². The number of hydrogen-bond acceptors (Lipinski definition) is 16. The topological polar surface area (TPSA) is 182 Å². The van der Waals surface area contributed by atoms with Crippen molar-refractivity contribution in [3.8, 4) is 23.0 Å². The van der Waals surface area contributed by atoms with Crippen LogP contribution in [0, 0.1) is 0 Å². The van der Waals surface area contributed by atoms with Crippen molar-refractivity contribution in [2.24, 2.45) is 0 Å². The molecule has 2 fully saturated rings. The fraction of sp³-hybridized carbons (Fsp3) is 0.604. The Morgan fingerprint density at radius 1 is 0.636 bits per heavy atom. The molecule has 16 nitrogen and oxygen atoms in total. The number of ether oxygens (including phenoxy) is 12. The molecule has 370 valence electrons. The minimum Gasteiger partial charge on any atom is -0.497 e. The monoisotopic (exact) mass is 962 g/mol. The number of carbonyl (C=O) groups excluding carboxylic acids is 3. The van der Waals surface area contributed by atoms with Gasteiger partial charge in [0.05, 0.1) is 46.2 Å². The van der Waals surface area contributed by atoms with E-state index in [1.54, 1.807) is 57.4 Å². The molecule has 0 aliphatic carbocycles. The molecule has 0 bridgehead atoms. The maximum Gasteiger partial charge on any atom is 0.342 e.